The topological polar surface area (TPSA) is 109 Å². The van der Waals surface area contributed by atoms with Crippen LogP contribution in [0.1, 0.15) is 16.2 Å². The highest BCUT2D eigenvalue weighted by atomic mass is 16.5. The number of likely N-dealkylation sites (N-methyl/N-ethyl adjacent to an activating group) is 1. The minimum atomic E-state index is -0.389. The first-order chi connectivity index (χ1) is 11.4. The van der Waals surface area contributed by atoms with E-state index in [9.17, 15) is 9.59 Å². The van der Waals surface area contributed by atoms with E-state index in [-0.39, 0.29) is 24.1 Å². The maximum Gasteiger partial charge on any atom is 0.276 e. The molecule has 1 heterocycles. The second-order valence-corrected chi connectivity index (χ2v) is 5.07. The Labute approximate surface area is 138 Å². The van der Waals surface area contributed by atoms with Gasteiger partial charge in [-0.15, -0.1) is 0 Å². The average molecular weight is 333 g/mol. The Balaban J connectivity index is 2.03. The number of anilines is 1. The number of ether oxygens (including phenoxy) is 2. The van der Waals surface area contributed by atoms with E-state index in [1.54, 1.807) is 25.1 Å². The van der Waals surface area contributed by atoms with E-state index in [1.807, 2.05) is 0 Å². The molecule has 0 aliphatic carbocycles. The molecule has 0 saturated heterocycles. The van der Waals surface area contributed by atoms with Gasteiger partial charge in [0.1, 0.15) is 11.5 Å². The molecule has 0 aliphatic rings. The van der Waals surface area contributed by atoms with E-state index < -0.39 is 0 Å². The Hall–Kier alpha value is -3.10. The highest BCUT2D eigenvalue weighted by Crippen LogP contribution is 2.25. The molecule has 2 amide bonds. The van der Waals surface area contributed by atoms with E-state index >= 15 is 0 Å². The molecule has 0 fully saturated rings. The summed E-state index contributed by atoms with van der Waals surface area (Å²) in [7, 11) is 4.56. The van der Waals surface area contributed by atoms with Crippen LogP contribution in [0, 0.1) is 6.92 Å². The number of carbonyl (C=O) groups is 2. The van der Waals surface area contributed by atoms with Crippen molar-refractivity contribution >= 4 is 17.5 Å². The predicted octanol–water partition coefficient (Wildman–Crippen LogP) is 0.841. The number of hydrogen-bond donors (Lipinski definition) is 2. The third kappa shape index (κ3) is 4.00. The number of aromatic nitrogens is 3. The van der Waals surface area contributed by atoms with Crippen LogP contribution in [0.3, 0.4) is 0 Å². The number of amides is 2. The van der Waals surface area contributed by atoms with Crippen molar-refractivity contribution in [1.29, 1.82) is 0 Å². The van der Waals surface area contributed by atoms with Crippen molar-refractivity contribution in [3.05, 3.63) is 29.6 Å². The first-order valence-electron chi connectivity index (χ1n) is 7.10. The summed E-state index contributed by atoms with van der Waals surface area (Å²) in [5.41, 5.74) is 1.17. The molecule has 0 atom stereocenters. The van der Waals surface area contributed by atoms with Gasteiger partial charge in [0.25, 0.3) is 5.91 Å². The van der Waals surface area contributed by atoms with Crippen molar-refractivity contribution in [2.75, 3.05) is 33.1 Å². The number of H-pyrrole nitrogens is 1. The summed E-state index contributed by atoms with van der Waals surface area (Å²) < 4.78 is 10.3. The van der Waals surface area contributed by atoms with Crippen molar-refractivity contribution in [2.24, 2.45) is 0 Å². The van der Waals surface area contributed by atoms with Crippen LogP contribution in [-0.4, -0.2) is 59.9 Å². The number of hydrogen-bond acceptors (Lipinski definition) is 6. The van der Waals surface area contributed by atoms with Gasteiger partial charge in [-0.05, 0) is 6.92 Å². The summed E-state index contributed by atoms with van der Waals surface area (Å²) >= 11 is 0. The van der Waals surface area contributed by atoms with Gasteiger partial charge >= 0.3 is 0 Å². The molecular weight excluding hydrogens is 314 g/mol. The minimum Gasteiger partial charge on any atom is -0.497 e. The number of benzene rings is 1. The van der Waals surface area contributed by atoms with Gasteiger partial charge in [-0.25, -0.2) is 0 Å². The van der Waals surface area contributed by atoms with Gasteiger partial charge in [0.2, 0.25) is 5.91 Å². The standard InChI is InChI=1S/C15H19N5O4/c1-9-14(18-19-17-9)15(22)20(2)8-13(21)16-10-5-11(23-3)7-12(6-10)24-4/h5-7H,8H2,1-4H3,(H,16,21)(H,17,18,19). The third-order valence-electron chi connectivity index (χ3n) is 3.29. The molecule has 0 aliphatic heterocycles. The lowest BCUT2D eigenvalue weighted by Crippen LogP contribution is -2.35. The molecule has 0 saturated carbocycles. The first kappa shape index (κ1) is 17.3. The fourth-order valence-corrected chi connectivity index (χ4v) is 2.03. The first-order valence-corrected chi connectivity index (χ1v) is 7.10. The van der Waals surface area contributed by atoms with E-state index in [2.05, 4.69) is 20.7 Å². The predicted molar refractivity (Wildman–Crippen MR) is 86.3 cm³/mol. The highest BCUT2D eigenvalue weighted by Gasteiger charge is 2.20. The van der Waals surface area contributed by atoms with Gasteiger partial charge in [0, 0.05) is 30.9 Å². The summed E-state index contributed by atoms with van der Waals surface area (Å²) in [5.74, 6) is 0.349. The quantitative estimate of drug-likeness (QED) is 0.811. The molecule has 1 aromatic heterocycles. The second kappa shape index (κ2) is 7.44. The van der Waals surface area contributed by atoms with Crippen molar-refractivity contribution in [3.63, 3.8) is 0 Å². The SMILES string of the molecule is COc1cc(NC(=O)CN(C)C(=O)c2n[nH]nc2C)cc(OC)c1. The molecule has 9 nitrogen and oxygen atoms in total. The lowest BCUT2D eigenvalue weighted by molar-refractivity contribution is -0.116. The third-order valence-corrected chi connectivity index (χ3v) is 3.29. The lowest BCUT2D eigenvalue weighted by Gasteiger charge is -2.16. The molecule has 0 spiro atoms. The molecule has 2 aromatic rings. The summed E-state index contributed by atoms with van der Waals surface area (Å²) in [6.07, 6.45) is 0. The molecule has 24 heavy (non-hydrogen) atoms. The smallest absolute Gasteiger partial charge is 0.276 e. The van der Waals surface area contributed by atoms with Crippen molar-refractivity contribution in [3.8, 4) is 11.5 Å². The second-order valence-electron chi connectivity index (χ2n) is 5.07. The maximum absolute atomic E-state index is 12.2. The minimum absolute atomic E-state index is 0.134. The van der Waals surface area contributed by atoms with Gasteiger partial charge in [-0.2, -0.15) is 15.4 Å². The summed E-state index contributed by atoms with van der Waals surface area (Å²) in [6.45, 7) is 1.53. The van der Waals surface area contributed by atoms with Gasteiger partial charge < -0.3 is 19.7 Å². The van der Waals surface area contributed by atoms with Crippen molar-refractivity contribution in [2.45, 2.75) is 6.92 Å². The van der Waals surface area contributed by atoms with E-state index in [0.29, 0.717) is 22.9 Å². The molecule has 9 heteroatoms. The van der Waals surface area contributed by atoms with Crippen LogP contribution in [-0.2, 0) is 4.79 Å². The zero-order chi connectivity index (χ0) is 17.7. The summed E-state index contributed by atoms with van der Waals surface area (Å²) in [6, 6.07) is 5.01. The van der Waals surface area contributed by atoms with Crippen LogP contribution < -0.4 is 14.8 Å². The van der Waals surface area contributed by atoms with Crippen LogP contribution in [0.25, 0.3) is 0 Å². The van der Waals surface area contributed by atoms with Gasteiger partial charge in [0.15, 0.2) is 5.69 Å². The lowest BCUT2D eigenvalue weighted by atomic mass is 10.2. The Morgan fingerprint density at radius 3 is 2.29 bits per heavy atom. The maximum atomic E-state index is 12.2. The van der Waals surface area contributed by atoms with E-state index in [1.165, 1.54) is 26.2 Å². The van der Waals surface area contributed by atoms with E-state index in [4.69, 9.17) is 9.47 Å². The van der Waals surface area contributed by atoms with Crippen LogP contribution in [0.15, 0.2) is 18.2 Å². The number of nitrogens with one attached hydrogen (secondary N) is 2. The molecule has 0 radical (unpaired) electrons. The molecule has 2 rings (SSSR count). The number of aryl methyl sites for hydroxylation is 1. The molecule has 0 bridgehead atoms. The Morgan fingerprint density at radius 1 is 1.17 bits per heavy atom. The van der Waals surface area contributed by atoms with Crippen LogP contribution in [0.5, 0.6) is 11.5 Å². The number of aromatic amines is 1. The van der Waals surface area contributed by atoms with Crippen molar-refractivity contribution < 1.29 is 19.1 Å². The number of nitrogens with zero attached hydrogens (tertiary/aromatic N) is 3. The number of rotatable bonds is 6. The monoisotopic (exact) mass is 333 g/mol. The normalized spacial score (nSPS) is 10.2. The van der Waals surface area contributed by atoms with Gasteiger partial charge in [-0.3, -0.25) is 9.59 Å². The van der Waals surface area contributed by atoms with Crippen LogP contribution in [0.2, 0.25) is 0 Å². The van der Waals surface area contributed by atoms with Crippen LogP contribution >= 0.6 is 0 Å². The zero-order valence-electron chi connectivity index (χ0n) is 13.9. The molecule has 128 valence electrons. The van der Waals surface area contributed by atoms with Gasteiger partial charge in [0.05, 0.1) is 26.5 Å². The zero-order valence-corrected chi connectivity index (χ0v) is 13.9. The fraction of sp³-hybridized carbons (Fsp3) is 0.333. The number of methoxy groups -OCH3 is 2. The molecule has 2 N–H and O–H groups in total. The fourth-order valence-electron chi connectivity index (χ4n) is 2.03. The van der Waals surface area contributed by atoms with Crippen LogP contribution in [0.4, 0.5) is 5.69 Å². The Bertz CT molecular complexity index is 721. The van der Waals surface area contributed by atoms with Crippen molar-refractivity contribution in [1.82, 2.24) is 20.3 Å². The van der Waals surface area contributed by atoms with Gasteiger partial charge in [-0.1, -0.05) is 0 Å². The molecular formula is C15H19N5O4. The van der Waals surface area contributed by atoms with E-state index in [0.717, 1.165) is 0 Å². The number of carbonyl (C=O) groups excluding carboxylic acids is 2. The average Bonchev–Trinajstić information content (AvgIpc) is 2.99. The molecule has 1 aromatic carbocycles. The Morgan fingerprint density at radius 2 is 1.79 bits per heavy atom. The summed E-state index contributed by atoms with van der Waals surface area (Å²) in [4.78, 5) is 25.6. The highest BCUT2D eigenvalue weighted by molar-refractivity contribution is 5.98. The summed E-state index contributed by atoms with van der Waals surface area (Å²) in [5, 5.41) is 12.7. The molecule has 0 unspecified atom stereocenters. The largest absolute Gasteiger partial charge is 0.497 e. The Kier molecular flexibility index (Phi) is 5.35.